The number of phenolic OH excluding ortho intramolecular Hbond substituents is 1. The van der Waals surface area contributed by atoms with E-state index < -0.39 is 0 Å². The Hall–Kier alpha value is -2.37. The highest BCUT2D eigenvalue weighted by atomic mass is 16.3. The van der Waals surface area contributed by atoms with Gasteiger partial charge in [-0.2, -0.15) is 0 Å². The van der Waals surface area contributed by atoms with Crippen molar-refractivity contribution in [3.05, 3.63) is 54.1 Å². The zero-order valence-corrected chi connectivity index (χ0v) is 16.3. The molecule has 1 amide bonds. The standard InChI is InChI=1S/C23H28N2O3/c1-24-13-2-11-23(16-26)12-14-25(15-21(23)24)22(28)19-5-3-17(4-6-19)18-7-9-20(27)10-8-18/h3-10,21,26-27H,2,11-16H2,1H3/t21-,23-/m1/s1. The Morgan fingerprint density at radius 2 is 1.68 bits per heavy atom. The minimum Gasteiger partial charge on any atom is -0.508 e. The van der Waals surface area contributed by atoms with E-state index in [0.717, 1.165) is 36.9 Å². The minimum atomic E-state index is -0.0630. The number of nitrogens with zero attached hydrogens (tertiary/aromatic N) is 2. The maximum absolute atomic E-state index is 13.1. The van der Waals surface area contributed by atoms with Gasteiger partial charge in [-0.05, 0) is 68.2 Å². The molecular formula is C23H28N2O3. The molecule has 2 N–H and O–H groups in total. The number of piperidine rings is 2. The lowest BCUT2D eigenvalue weighted by atomic mass is 9.69. The van der Waals surface area contributed by atoms with Crippen molar-refractivity contribution in [3.8, 4) is 16.9 Å². The third kappa shape index (κ3) is 3.40. The number of likely N-dealkylation sites (tertiary alicyclic amines) is 2. The fourth-order valence-corrected chi connectivity index (χ4v) is 4.84. The van der Waals surface area contributed by atoms with E-state index in [2.05, 4.69) is 11.9 Å². The van der Waals surface area contributed by atoms with E-state index in [4.69, 9.17) is 0 Å². The van der Waals surface area contributed by atoms with E-state index >= 15 is 0 Å². The molecule has 5 nitrogen and oxygen atoms in total. The van der Waals surface area contributed by atoms with Crippen LogP contribution in [-0.2, 0) is 0 Å². The monoisotopic (exact) mass is 380 g/mol. The number of aliphatic hydroxyl groups is 1. The Morgan fingerprint density at radius 3 is 2.32 bits per heavy atom. The molecule has 2 atom stereocenters. The first-order chi connectivity index (χ1) is 13.5. The van der Waals surface area contributed by atoms with Crippen LogP contribution in [0, 0.1) is 5.41 Å². The van der Waals surface area contributed by atoms with Crippen molar-refractivity contribution in [2.24, 2.45) is 5.41 Å². The predicted octanol–water partition coefficient (Wildman–Crippen LogP) is 2.98. The van der Waals surface area contributed by atoms with E-state index in [9.17, 15) is 15.0 Å². The molecule has 0 saturated carbocycles. The molecule has 0 bridgehead atoms. The zero-order chi connectivity index (χ0) is 19.7. The zero-order valence-electron chi connectivity index (χ0n) is 16.3. The maximum Gasteiger partial charge on any atom is 0.253 e. The highest BCUT2D eigenvalue weighted by Gasteiger charge is 2.47. The van der Waals surface area contributed by atoms with Crippen LogP contribution in [0.4, 0.5) is 0 Å². The van der Waals surface area contributed by atoms with Crippen molar-refractivity contribution >= 4 is 5.91 Å². The molecule has 0 spiro atoms. The molecule has 148 valence electrons. The highest BCUT2D eigenvalue weighted by molar-refractivity contribution is 5.94. The lowest BCUT2D eigenvalue weighted by molar-refractivity contribution is -0.0601. The maximum atomic E-state index is 13.1. The lowest BCUT2D eigenvalue weighted by Gasteiger charge is -2.53. The molecule has 0 radical (unpaired) electrons. The van der Waals surface area contributed by atoms with Gasteiger partial charge in [-0.1, -0.05) is 24.3 Å². The first-order valence-corrected chi connectivity index (χ1v) is 10.0. The highest BCUT2D eigenvalue weighted by Crippen LogP contribution is 2.41. The van der Waals surface area contributed by atoms with Crippen LogP contribution in [0.15, 0.2) is 48.5 Å². The van der Waals surface area contributed by atoms with Gasteiger partial charge in [0.1, 0.15) is 5.75 Å². The topological polar surface area (TPSA) is 64.0 Å². The molecule has 2 aliphatic heterocycles. The smallest absolute Gasteiger partial charge is 0.253 e. The SMILES string of the molecule is CN1CCC[C@]2(CO)CCN(C(=O)c3ccc(-c4ccc(O)cc4)cc3)C[C@@H]12. The minimum absolute atomic E-state index is 0.0581. The van der Waals surface area contributed by atoms with E-state index in [-0.39, 0.29) is 29.7 Å². The number of carbonyl (C=O) groups excluding carboxylic acids is 1. The van der Waals surface area contributed by atoms with Crippen molar-refractivity contribution in [2.45, 2.75) is 25.3 Å². The third-order valence-electron chi connectivity index (χ3n) is 6.63. The van der Waals surface area contributed by atoms with Crippen LogP contribution in [0.2, 0.25) is 0 Å². The van der Waals surface area contributed by atoms with Crippen LogP contribution in [0.5, 0.6) is 5.75 Å². The number of likely N-dealkylation sites (N-methyl/N-ethyl adjacent to an activating group) is 1. The Bertz CT molecular complexity index is 834. The van der Waals surface area contributed by atoms with Gasteiger partial charge < -0.3 is 20.0 Å². The molecule has 0 unspecified atom stereocenters. The number of hydrogen-bond donors (Lipinski definition) is 2. The summed E-state index contributed by atoms with van der Waals surface area (Å²) in [5, 5.41) is 19.5. The van der Waals surface area contributed by atoms with Crippen molar-refractivity contribution < 1.29 is 15.0 Å². The van der Waals surface area contributed by atoms with Gasteiger partial charge in [0.25, 0.3) is 5.91 Å². The molecule has 5 heteroatoms. The lowest BCUT2D eigenvalue weighted by Crippen LogP contribution is -2.62. The number of aromatic hydroxyl groups is 1. The molecule has 4 rings (SSSR count). The molecule has 2 fully saturated rings. The number of aliphatic hydroxyl groups excluding tert-OH is 1. The van der Waals surface area contributed by atoms with E-state index in [1.54, 1.807) is 12.1 Å². The summed E-state index contributed by atoms with van der Waals surface area (Å²) in [6.45, 7) is 2.60. The fraction of sp³-hybridized carbons (Fsp3) is 0.435. The number of rotatable bonds is 3. The summed E-state index contributed by atoms with van der Waals surface area (Å²) in [5.41, 5.74) is 2.65. The second kappa shape index (κ2) is 7.57. The van der Waals surface area contributed by atoms with Crippen LogP contribution in [0.25, 0.3) is 11.1 Å². The first-order valence-electron chi connectivity index (χ1n) is 10.0. The van der Waals surface area contributed by atoms with Crippen LogP contribution in [0.3, 0.4) is 0 Å². The molecule has 2 aromatic rings. The molecular weight excluding hydrogens is 352 g/mol. The van der Waals surface area contributed by atoms with Gasteiger partial charge >= 0.3 is 0 Å². The van der Waals surface area contributed by atoms with Crippen molar-refractivity contribution in [1.29, 1.82) is 0 Å². The largest absolute Gasteiger partial charge is 0.508 e. The summed E-state index contributed by atoms with van der Waals surface area (Å²) in [5.74, 6) is 0.301. The molecule has 0 aliphatic carbocycles. The average Bonchev–Trinajstić information content (AvgIpc) is 2.74. The summed E-state index contributed by atoms with van der Waals surface area (Å²) in [6, 6.07) is 14.9. The molecule has 2 heterocycles. The second-order valence-electron chi connectivity index (χ2n) is 8.25. The quantitative estimate of drug-likeness (QED) is 0.859. The van der Waals surface area contributed by atoms with Gasteiger partial charge in [0.15, 0.2) is 0 Å². The molecule has 28 heavy (non-hydrogen) atoms. The van der Waals surface area contributed by atoms with Crippen LogP contribution in [0.1, 0.15) is 29.6 Å². The summed E-state index contributed by atoms with van der Waals surface area (Å²) < 4.78 is 0. The summed E-state index contributed by atoms with van der Waals surface area (Å²) >= 11 is 0. The predicted molar refractivity (Wildman–Crippen MR) is 109 cm³/mol. The number of hydrogen-bond acceptors (Lipinski definition) is 4. The van der Waals surface area contributed by atoms with E-state index in [1.807, 2.05) is 41.3 Å². The average molecular weight is 380 g/mol. The number of phenols is 1. The fourth-order valence-electron chi connectivity index (χ4n) is 4.84. The van der Waals surface area contributed by atoms with Crippen LogP contribution in [-0.4, -0.2) is 65.3 Å². The number of amides is 1. The Balaban J connectivity index is 1.49. The molecule has 0 aromatic heterocycles. The molecule has 2 aromatic carbocycles. The van der Waals surface area contributed by atoms with E-state index in [1.165, 1.54) is 0 Å². The Morgan fingerprint density at radius 1 is 1.04 bits per heavy atom. The normalized spacial score (nSPS) is 25.4. The second-order valence-corrected chi connectivity index (χ2v) is 8.25. The Kier molecular flexibility index (Phi) is 5.13. The van der Waals surface area contributed by atoms with Gasteiger partial charge in [0.2, 0.25) is 0 Å². The number of benzene rings is 2. The number of fused-ring (bicyclic) bond motifs is 1. The summed E-state index contributed by atoms with van der Waals surface area (Å²) in [6.07, 6.45) is 3.01. The molecule has 2 saturated heterocycles. The number of carbonyl (C=O) groups is 1. The van der Waals surface area contributed by atoms with Gasteiger partial charge in [0, 0.05) is 30.1 Å². The van der Waals surface area contributed by atoms with E-state index in [0.29, 0.717) is 18.7 Å². The van der Waals surface area contributed by atoms with Crippen molar-refractivity contribution in [2.75, 3.05) is 33.3 Å². The van der Waals surface area contributed by atoms with Gasteiger partial charge in [-0.25, -0.2) is 0 Å². The summed E-state index contributed by atoms with van der Waals surface area (Å²) in [4.78, 5) is 17.3. The Labute approximate surface area is 166 Å². The van der Waals surface area contributed by atoms with Crippen molar-refractivity contribution in [3.63, 3.8) is 0 Å². The van der Waals surface area contributed by atoms with Crippen LogP contribution < -0.4 is 0 Å². The van der Waals surface area contributed by atoms with Gasteiger partial charge in [-0.3, -0.25) is 4.79 Å². The third-order valence-corrected chi connectivity index (χ3v) is 6.63. The van der Waals surface area contributed by atoms with Crippen molar-refractivity contribution in [1.82, 2.24) is 9.80 Å². The van der Waals surface area contributed by atoms with Gasteiger partial charge in [0.05, 0.1) is 6.61 Å². The van der Waals surface area contributed by atoms with Crippen LogP contribution >= 0.6 is 0 Å². The first kappa shape index (κ1) is 19.0. The summed E-state index contributed by atoms with van der Waals surface area (Å²) in [7, 11) is 2.11. The van der Waals surface area contributed by atoms with Gasteiger partial charge in [-0.15, -0.1) is 0 Å². The molecule has 2 aliphatic rings.